The Morgan fingerprint density at radius 3 is 2.48 bits per heavy atom. The lowest BCUT2D eigenvalue weighted by atomic mass is 10.1. The molecule has 1 amide bonds. The third-order valence-corrected chi connectivity index (χ3v) is 4.71. The second kappa shape index (κ2) is 8.74. The molecule has 8 nitrogen and oxygen atoms in total. The maximum Gasteiger partial charge on any atom is 0.419 e. The summed E-state index contributed by atoms with van der Waals surface area (Å²) in [4.78, 5) is 34.1. The molecule has 0 aliphatic rings. The first-order valence-electron chi connectivity index (χ1n) is 10.4. The van der Waals surface area contributed by atoms with E-state index in [0.717, 1.165) is 5.69 Å². The van der Waals surface area contributed by atoms with Crippen molar-refractivity contribution in [3.8, 4) is 11.6 Å². The van der Waals surface area contributed by atoms with E-state index in [1.54, 1.807) is 69.4 Å². The van der Waals surface area contributed by atoms with Crippen LogP contribution in [0.2, 0.25) is 0 Å². The number of amides is 1. The van der Waals surface area contributed by atoms with Gasteiger partial charge in [-0.2, -0.15) is 0 Å². The molecule has 3 aromatic heterocycles. The maximum atomic E-state index is 13.0. The van der Waals surface area contributed by atoms with Crippen LogP contribution in [0.15, 0.2) is 67.1 Å². The zero-order chi connectivity index (χ0) is 23.6. The van der Waals surface area contributed by atoms with E-state index in [-0.39, 0.29) is 5.91 Å². The summed E-state index contributed by atoms with van der Waals surface area (Å²) in [5, 5.41) is 3.46. The number of carbonyl (C=O) groups excluding carboxylic acids is 2. The molecule has 0 aliphatic heterocycles. The van der Waals surface area contributed by atoms with Crippen LogP contribution in [0.25, 0.3) is 10.9 Å². The van der Waals surface area contributed by atoms with Crippen molar-refractivity contribution in [2.24, 2.45) is 0 Å². The standard InChI is InChI=1S/C25H24N4O4/c1-16-21(10-7-13-26-16)32-22-12-11-17(14-27-22)28-23(30)19-15-29(24(31)33-25(2,3)4)20-9-6-5-8-18(19)20/h5-15H,1-4H3,(H,28,30). The van der Waals surface area contributed by atoms with Gasteiger partial charge in [-0.25, -0.2) is 9.78 Å². The van der Waals surface area contributed by atoms with E-state index >= 15 is 0 Å². The second-order valence-electron chi connectivity index (χ2n) is 8.44. The molecule has 0 saturated heterocycles. The molecule has 168 valence electrons. The Labute approximate surface area is 191 Å². The molecule has 33 heavy (non-hydrogen) atoms. The van der Waals surface area contributed by atoms with E-state index in [0.29, 0.717) is 33.8 Å². The highest BCUT2D eigenvalue weighted by Gasteiger charge is 2.23. The van der Waals surface area contributed by atoms with Crippen LogP contribution in [0.1, 0.15) is 36.8 Å². The number of carbonyl (C=O) groups is 2. The van der Waals surface area contributed by atoms with Gasteiger partial charge in [-0.15, -0.1) is 0 Å². The lowest BCUT2D eigenvalue weighted by molar-refractivity contribution is 0.0544. The van der Waals surface area contributed by atoms with E-state index < -0.39 is 11.7 Å². The summed E-state index contributed by atoms with van der Waals surface area (Å²) in [5.74, 6) is 0.620. The number of benzene rings is 1. The molecule has 0 saturated carbocycles. The molecular weight excluding hydrogens is 420 g/mol. The summed E-state index contributed by atoms with van der Waals surface area (Å²) in [6, 6.07) is 14.1. The number of aromatic nitrogens is 3. The van der Waals surface area contributed by atoms with Gasteiger partial charge < -0.3 is 14.8 Å². The van der Waals surface area contributed by atoms with Crippen LogP contribution in [0.5, 0.6) is 11.6 Å². The number of rotatable bonds is 4. The zero-order valence-electron chi connectivity index (χ0n) is 18.8. The molecule has 1 aromatic carbocycles. The number of nitrogens with one attached hydrogen (secondary N) is 1. The molecule has 0 bridgehead atoms. The predicted octanol–water partition coefficient (Wildman–Crippen LogP) is 5.57. The van der Waals surface area contributed by atoms with Crippen molar-refractivity contribution in [1.82, 2.24) is 14.5 Å². The first-order chi connectivity index (χ1) is 15.7. The van der Waals surface area contributed by atoms with Crippen LogP contribution < -0.4 is 10.1 Å². The van der Waals surface area contributed by atoms with Gasteiger partial charge in [-0.05, 0) is 52.0 Å². The molecule has 4 rings (SSSR count). The number of para-hydroxylation sites is 1. The Hall–Kier alpha value is -4.20. The maximum absolute atomic E-state index is 13.0. The summed E-state index contributed by atoms with van der Waals surface area (Å²) < 4.78 is 12.6. The molecule has 8 heteroatoms. The minimum absolute atomic E-state index is 0.350. The normalized spacial score (nSPS) is 11.3. The third-order valence-electron chi connectivity index (χ3n) is 4.71. The fourth-order valence-corrected chi connectivity index (χ4v) is 3.23. The van der Waals surface area contributed by atoms with Crippen molar-refractivity contribution < 1.29 is 19.1 Å². The molecule has 1 N–H and O–H groups in total. The lowest BCUT2D eigenvalue weighted by Crippen LogP contribution is -2.26. The predicted molar refractivity (Wildman–Crippen MR) is 125 cm³/mol. The van der Waals surface area contributed by atoms with E-state index in [1.165, 1.54) is 17.0 Å². The number of aryl methyl sites for hydroxylation is 1. The van der Waals surface area contributed by atoms with Crippen molar-refractivity contribution in [2.45, 2.75) is 33.3 Å². The Morgan fingerprint density at radius 2 is 1.79 bits per heavy atom. The molecule has 0 spiro atoms. The average molecular weight is 444 g/mol. The van der Waals surface area contributed by atoms with E-state index in [1.807, 2.05) is 13.0 Å². The van der Waals surface area contributed by atoms with Gasteiger partial charge in [0.05, 0.1) is 28.7 Å². The molecule has 0 radical (unpaired) electrons. The third kappa shape index (κ3) is 5.01. The molecule has 0 fully saturated rings. The first-order valence-corrected chi connectivity index (χ1v) is 10.4. The summed E-state index contributed by atoms with van der Waals surface area (Å²) in [6.07, 6.45) is 4.14. The number of ether oxygens (including phenoxy) is 2. The number of anilines is 1. The summed E-state index contributed by atoms with van der Waals surface area (Å²) >= 11 is 0. The van der Waals surface area contributed by atoms with Gasteiger partial charge in [0.1, 0.15) is 5.60 Å². The van der Waals surface area contributed by atoms with Crippen LogP contribution >= 0.6 is 0 Å². The highest BCUT2D eigenvalue weighted by Crippen LogP contribution is 2.25. The Balaban J connectivity index is 1.54. The number of nitrogens with zero attached hydrogens (tertiary/aromatic N) is 3. The van der Waals surface area contributed by atoms with Crippen molar-refractivity contribution in [3.05, 3.63) is 78.4 Å². The molecule has 0 unspecified atom stereocenters. The van der Waals surface area contributed by atoms with Crippen LogP contribution in [0.4, 0.5) is 10.5 Å². The van der Waals surface area contributed by atoms with Crippen LogP contribution in [-0.4, -0.2) is 32.1 Å². The van der Waals surface area contributed by atoms with Gasteiger partial charge in [0, 0.05) is 23.8 Å². The van der Waals surface area contributed by atoms with Gasteiger partial charge in [0.25, 0.3) is 5.91 Å². The fourth-order valence-electron chi connectivity index (χ4n) is 3.23. The van der Waals surface area contributed by atoms with Crippen molar-refractivity contribution in [1.29, 1.82) is 0 Å². The van der Waals surface area contributed by atoms with Crippen molar-refractivity contribution >= 4 is 28.6 Å². The van der Waals surface area contributed by atoms with Crippen LogP contribution in [-0.2, 0) is 4.74 Å². The lowest BCUT2D eigenvalue weighted by Gasteiger charge is -2.19. The second-order valence-corrected chi connectivity index (χ2v) is 8.44. The molecular formula is C25H24N4O4. The number of pyridine rings is 2. The fraction of sp³-hybridized carbons (Fsp3) is 0.200. The Morgan fingerprint density at radius 1 is 1.00 bits per heavy atom. The minimum atomic E-state index is -0.658. The van der Waals surface area contributed by atoms with E-state index in [9.17, 15) is 9.59 Å². The molecule has 4 aromatic rings. The number of hydrogen-bond donors (Lipinski definition) is 1. The summed E-state index contributed by atoms with van der Waals surface area (Å²) in [5.41, 5.74) is 1.52. The van der Waals surface area contributed by atoms with Crippen LogP contribution in [0, 0.1) is 6.92 Å². The monoisotopic (exact) mass is 444 g/mol. The topological polar surface area (TPSA) is 95.3 Å². The zero-order valence-corrected chi connectivity index (χ0v) is 18.8. The number of fused-ring (bicyclic) bond motifs is 1. The Kier molecular flexibility index (Phi) is 5.83. The SMILES string of the molecule is Cc1ncccc1Oc1ccc(NC(=O)c2cn(C(=O)OC(C)(C)C)c3ccccc23)cn1. The van der Waals surface area contributed by atoms with Gasteiger partial charge >= 0.3 is 6.09 Å². The summed E-state index contributed by atoms with van der Waals surface area (Å²) in [7, 11) is 0. The van der Waals surface area contributed by atoms with Crippen molar-refractivity contribution in [2.75, 3.05) is 5.32 Å². The molecule has 0 atom stereocenters. The van der Waals surface area contributed by atoms with Gasteiger partial charge in [0.15, 0.2) is 5.75 Å². The first kappa shape index (κ1) is 22.0. The van der Waals surface area contributed by atoms with E-state index in [4.69, 9.17) is 9.47 Å². The van der Waals surface area contributed by atoms with Gasteiger partial charge in [-0.3, -0.25) is 14.3 Å². The average Bonchev–Trinajstić information content (AvgIpc) is 3.16. The minimum Gasteiger partial charge on any atom is -0.443 e. The number of hydrogen-bond acceptors (Lipinski definition) is 6. The van der Waals surface area contributed by atoms with Gasteiger partial charge in [0.2, 0.25) is 5.88 Å². The quantitative estimate of drug-likeness (QED) is 0.442. The smallest absolute Gasteiger partial charge is 0.419 e. The highest BCUT2D eigenvalue weighted by atomic mass is 16.6. The summed E-state index contributed by atoms with van der Waals surface area (Å²) in [6.45, 7) is 7.22. The highest BCUT2D eigenvalue weighted by molar-refractivity contribution is 6.14. The van der Waals surface area contributed by atoms with Crippen LogP contribution in [0.3, 0.4) is 0 Å². The van der Waals surface area contributed by atoms with Gasteiger partial charge in [-0.1, -0.05) is 18.2 Å². The van der Waals surface area contributed by atoms with E-state index in [2.05, 4.69) is 15.3 Å². The molecule has 3 heterocycles. The Bertz CT molecular complexity index is 1320. The largest absolute Gasteiger partial charge is 0.443 e. The molecule has 0 aliphatic carbocycles. The van der Waals surface area contributed by atoms with Crippen molar-refractivity contribution in [3.63, 3.8) is 0 Å².